The predicted octanol–water partition coefficient (Wildman–Crippen LogP) is 3.33. The summed E-state index contributed by atoms with van der Waals surface area (Å²) in [6, 6.07) is 5.96. The Morgan fingerprint density at radius 1 is 1.21 bits per heavy atom. The molecule has 0 aromatic heterocycles. The van der Waals surface area contributed by atoms with Gasteiger partial charge in [-0.2, -0.15) is 0 Å². The van der Waals surface area contributed by atoms with Gasteiger partial charge in [-0.05, 0) is 49.9 Å². The molecule has 0 fully saturated rings. The lowest BCUT2D eigenvalue weighted by atomic mass is 9.81. The zero-order valence-electron chi connectivity index (χ0n) is 12.0. The molecular weight excluding hydrogens is 256 g/mol. The molecule has 3 N–H and O–H groups in total. The summed E-state index contributed by atoms with van der Waals surface area (Å²) < 4.78 is 0. The largest absolute Gasteiger partial charge is 0.392 e. The van der Waals surface area contributed by atoms with E-state index in [1.165, 1.54) is 0 Å². The number of thiocarbonyl (C=S) groups is 1. The third-order valence-corrected chi connectivity index (χ3v) is 3.98. The monoisotopic (exact) mass is 278 g/mol. The van der Waals surface area contributed by atoms with Crippen molar-refractivity contribution in [2.75, 3.05) is 5.32 Å². The molecule has 1 amide bonds. The van der Waals surface area contributed by atoms with Crippen molar-refractivity contribution in [3.05, 3.63) is 29.3 Å². The molecule has 0 radical (unpaired) electrons. The standard InChI is InChI=1S/C15H22N2OS/c1-5-15(6-2,13(16)19)14(18)17-12-8-10(3)7-11(4)9-12/h7-9H,5-6H2,1-4H3,(H2,16,19)(H,17,18). The second-order valence-corrected chi connectivity index (χ2v) is 5.42. The normalized spacial score (nSPS) is 11.2. The lowest BCUT2D eigenvalue weighted by molar-refractivity contribution is -0.122. The van der Waals surface area contributed by atoms with E-state index in [9.17, 15) is 4.79 Å². The molecule has 104 valence electrons. The molecule has 1 aromatic rings. The fraction of sp³-hybridized carbons (Fsp3) is 0.467. The minimum absolute atomic E-state index is 0.116. The summed E-state index contributed by atoms with van der Waals surface area (Å²) in [7, 11) is 0. The van der Waals surface area contributed by atoms with Crippen LogP contribution in [0.5, 0.6) is 0 Å². The molecule has 1 aromatic carbocycles. The number of carbonyl (C=O) groups is 1. The quantitative estimate of drug-likeness (QED) is 0.812. The number of nitrogens with two attached hydrogens (primary N) is 1. The summed E-state index contributed by atoms with van der Waals surface area (Å²) in [6.45, 7) is 7.87. The first-order chi connectivity index (χ1) is 8.85. The van der Waals surface area contributed by atoms with E-state index in [4.69, 9.17) is 18.0 Å². The van der Waals surface area contributed by atoms with Crippen LogP contribution in [0.3, 0.4) is 0 Å². The van der Waals surface area contributed by atoms with Crippen molar-refractivity contribution in [2.45, 2.75) is 40.5 Å². The van der Waals surface area contributed by atoms with E-state index in [1.54, 1.807) is 0 Å². The Morgan fingerprint density at radius 3 is 2.05 bits per heavy atom. The van der Waals surface area contributed by atoms with Gasteiger partial charge in [0, 0.05) is 5.69 Å². The minimum atomic E-state index is -0.757. The molecule has 3 nitrogen and oxygen atoms in total. The topological polar surface area (TPSA) is 55.1 Å². The van der Waals surface area contributed by atoms with Crippen LogP contribution < -0.4 is 11.1 Å². The van der Waals surface area contributed by atoms with Crippen LogP contribution in [0.15, 0.2) is 18.2 Å². The van der Waals surface area contributed by atoms with Gasteiger partial charge in [-0.25, -0.2) is 0 Å². The molecule has 0 unspecified atom stereocenters. The molecule has 1 rings (SSSR count). The van der Waals surface area contributed by atoms with Crippen LogP contribution in [0.4, 0.5) is 5.69 Å². The Balaban J connectivity index is 3.03. The Bertz CT molecular complexity index is 473. The van der Waals surface area contributed by atoms with Crippen molar-refractivity contribution in [2.24, 2.45) is 11.1 Å². The maximum absolute atomic E-state index is 12.5. The molecule has 0 bridgehead atoms. The zero-order chi connectivity index (χ0) is 14.6. The Kier molecular flexibility index (Phi) is 5.06. The predicted molar refractivity (Wildman–Crippen MR) is 84.3 cm³/mol. The second-order valence-electron chi connectivity index (χ2n) is 4.98. The van der Waals surface area contributed by atoms with Gasteiger partial charge in [0.05, 0.1) is 10.4 Å². The van der Waals surface area contributed by atoms with Gasteiger partial charge in [0.2, 0.25) is 5.91 Å². The molecule has 0 saturated carbocycles. The van der Waals surface area contributed by atoms with E-state index >= 15 is 0 Å². The minimum Gasteiger partial charge on any atom is -0.392 e. The molecule has 0 atom stereocenters. The number of benzene rings is 1. The van der Waals surface area contributed by atoms with Crippen molar-refractivity contribution >= 4 is 28.8 Å². The van der Waals surface area contributed by atoms with Crippen LogP contribution >= 0.6 is 12.2 Å². The van der Waals surface area contributed by atoms with E-state index < -0.39 is 5.41 Å². The Morgan fingerprint density at radius 2 is 1.68 bits per heavy atom. The summed E-state index contributed by atoms with van der Waals surface area (Å²) in [5, 5.41) is 2.94. The summed E-state index contributed by atoms with van der Waals surface area (Å²) in [5.74, 6) is -0.116. The highest BCUT2D eigenvalue weighted by Crippen LogP contribution is 2.29. The summed E-state index contributed by atoms with van der Waals surface area (Å²) in [5.41, 5.74) is 8.05. The highest BCUT2D eigenvalue weighted by Gasteiger charge is 2.38. The average molecular weight is 278 g/mol. The Labute approximate surface area is 120 Å². The molecular formula is C15H22N2OS. The van der Waals surface area contributed by atoms with Crippen molar-refractivity contribution < 1.29 is 4.79 Å². The van der Waals surface area contributed by atoms with Gasteiger partial charge < -0.3 is 11.1 Å². The number of nitrogens with one attached hydrogen (secondary N) is 1. The van der Waals surface area contributed by atoms with Crippen LogP contribution in [0.2, 0.25) is 0 Å². The second kappa shape index (κ2) is 6.15. The van der Waals surface area contributed by atoms with Gasteiger partial charge in [-0.3, -0.25) is 4.79 Å². The molecule has 0 aliphatic rings. The number of hydrogen-bond acceptors (Lipinski definition) is 2. The van der Waals surface area contributed by atoms with E-state index in [0.29, 0.717) is 12.8 Å². The van der Waals surface area contributed by atoms with Crippen molar-refractivity contribution in [1.29, 1.82) is 0 Å². The van der Waals surface area contributed by atoms with E-state index in [2.05, 4.69) is 11.4 Å². The van der Waals surface area contributed by atoms with Crippen molar-refractivity contribution in [1.82, 2.24) is 0 Å². The lowest BCUT2D eigenvalue weighted by Gasteiger charge is -2.29. The highest BCUT2D eigenvalue weighted by molar-refractivity contribution is 7.80. The van der Waals surface area contributed by atoms with Crippen molar-refractivity contribution in [3.8, 4) is 0 Å². The fourth-order valence-corrected chi connectivity index (χ4v) is 2.71. The fourth-order valence-electron chi connectivity index (χ4n) is 2.33. The molecule has 0 aliphatic heterocycles. The van der Waals surface area contributed by atoms with Gasteiger partial charge in [-0.1, -0.05) is 32.1 Å². The van der Waals surface area contributed by atoms with Gasteiger partial charge >= 0.3 is 0 Å². The van der Waals surface area contributed by atoms with Crippen molar-refractivity contribution in [3.63, 3.8) is 0 Å². The average Bonchev–Trinajstić information content (AvgIpc) is 2.29. The molecule has 4 heteroatoms. The number of rotatable bonds is 5. The van der Waals surface area contributed by atoms with E-state index in [1.807, 2.05) is 39.8 Å². The SMILES string of the molecule is CCC(CC)(C(=O)Nc1cc(C)cc(C)c1)C(N)=S. The molecule has 0 saturated heterocycles. The van der Waals surface area contributed by atoms with Gasteiger partial charge in [0.1, 0.15) is 0 Å². The molecule has 19 heavy (non-hydrogen) atoms. The number of aryl methyl sites for hydroxylation is 2. The van der Waals surface area contributed by atoms with Crippen LogP contribution in [-0.2, 0) is 4.79 Å². The van der Waals surface area contributed by atoms with E-state index in [-0.39, 0.29) is 10.9 Å². The summed E-state index contributed by atoms with van der Waals surface area (Å²) in [4.78, 5) is 12.7. The lowest BCUT2D eigenvalue weighted by Crippen LogP contribution is -2.45. The molecule has 0 spiro atoms. The highest BCUT2D eigenvalue weighted by atomic mass is 32.1. The number of carbonyl (C=O) groups excluding carboxylic acids is 1. The number of amides is 1. The summed E-state index contributed by atoms with van der Waals surface area (Å²) in [6.07, 6.45) is 1.21. The molecule has 0 aliphatic carbocycles. The number of hydrogen-bond donors (Lipinski definition) is 2. The first-order valence-corrected chi connectivity index (χ1v) is 6.96. The van der Waals surface area contributed by atoms with E-state index in [0.717, 1.165) is 16.8 Å². The smallest absolute Gasteiger partial charge is 0.237 e. The van der Waals surface area contributed by atoms with Gasteiger partial charge in [0.25, 0.3) is 0 Å². The molecule has 0 heterocycles. The summed E-state index contributed by atoms with van der Waals surface area (Å²) >= 11 is 5.09. The Hall–Kier alpha value is -1.42. The zero-order valence-corrected chi connectivity index (χ0v) is 12.9. The van der Waals surface area contributed by atoms with Crippen LogP contribution in [0, 0.1) is 19.3 Å². The van der Waals surface area contributed by atoms with Gasteiger partial charge in [-0.15, -0.1) is 0 Å². The third kappa shape index (κ3) is 3.32. The third-order valence-electron chi connectivity index (χ3n) is 3.59. The van der Waals surface area contributed by atoms with Crippen LogP contribution in [-0.4, -0.2) is 10.9 Å². The van der Waals surface area contributed by atoms with Crippen LogP contribution in [0.25, 0.3) is 0 Å². The maximum Gasteiger partial charge on any atom is 0.237 e. The first-order valence-electron chi connectivity index (χ1n) is 6.55. The van der Waals surface area contributed by atoms with Crippen LogP contribution in [0.1, 0.15) is 37.8 Å². The first kappa shape index (κ1) is 15.6. The number of anilines is 1. The van der Waals surface area contributed by atoms with Gasteiger partial charge in [0.15, 0.2) is 0 Å². The maximum atomic E-state index is 12.5.